The first-order valence-corrected chi connectivity index (χ1v) is 8.30. The van der Waals surface area contributed by atoms with Crippen LogP contribution in [0.5, 0.6) is 5.75 Å². The van der Waals surface area contributed by atoms with E-state index in [0.717, 1.165) is 28.3 Å². The second-order valence-electron chi connectivity index (χ2n) is 5.94. The highest BCUT2D eigenvalue weighted by Gasteiger charge is 2.10. The molecule has 0 aliphatic carbocycles. The normalized spacial score (nSPS) is 12.1. The van der Waals surface area contributed by atoms with Gasteiger partial charge in [-0.05, 0) is 36.8 Å². The van der Waals surface area contributed by atoms with Gasteiger partial charge in [0.25, 0.3) is 0 Å². The Hall–Kier alpha value is -2.63. The lowest BCUT2D eigenvalue weighted by atomic mass is 10.1. The number of benzene rings is 2. The molecular weight excluding hydrogens is 314 g/mol. The first-order chi connectivity index (χ1) is 12.2. The fourth-order valence-corrected chi connectivity index (χ4v) is 2.69. The molecule has 3 rings (SSSR count). The smallest absolute Gasteiger partial charge is 0.119 e. The number of aryl methyl sites for hydroxylation is 1. The summed E-state index contributed by atoms with van der Waals surface area (Å²) in [7, 11) is 1.62. The van der Waals surface area contributed by atoms with Crippen molar-refractivity contribution >= 4 is 0 Å². The molecule has 0 radical (unpaired) electrons. The molecule has 5 nitrogen and oxygen atoms in total. The zero-order chi connectivity index (χ0) is 17.6. The first-order valence-electron chi connectivity index (χ1n) is 8.30. The summed E-state index contributed by atoms with van der Waals surface area (Å²) >= 11 is 0. The first kappa shape index (κ1) is 17.2. The highest BCUT2D eigenvalue weighted by molar-refractivity contribution is 5.32. The number of nitrogens with zero attached hydrogens (tertiary/aromatic N) is 2. The standard InChI is InChI=1S/C20H23N3O2/c1-15-17(14-23(22-15)18-8-4-3-5-9-18)12-21-13-20(24)16-7-6-10-19(11-16)25-2/h3-11,14,20-21,24H,12-13H2,1-2H3. The van der Waals surface area contributed by atoms with Crippen molar-refractivity contribution in [2.75, 3.05) is 13.7 Å². The van der Waals surface area contributed by atoms with Gasteiger partial charge in [-0.3, -0.25) is 0 Å². The van der Waals surface area contributed by atoms with E-state index in [1.54, 1.807) is 7.11 Å². The number of nitrogens with one attached hydrogen (secondary N) is 1. The maximum absolute atomic E-state index is 10.3. The van der Waals surface area contributed by atoms with Crippen LogP contribution in [-0.2, 0) is 6.54 Å². The molecule has 0 fully saturated rings. The molecule has 0 aliphatic rings. The number of aliphatic hydroxyl groups excluding tert-OH is 1. The molecule has 5 heteroatoms. The summed E-state index contributed by atoms with van der Waals surface area (Å²) < 4.78 is 7.08. The van der Waals surface area contributed by atoms with Crippen LogP contribution in [0.4, 0.5) is 0 Å². The van der Waals surface area contributed by atoms with Crippen molar-refractivity contribution in [1.29, 1.82) is 0 Å². The summed E-state index contributed by atoms with van der Waals surface area (Å²) in [5.74, 6) is 0.747. The summed E-state index contributed by atoms with van der Waals surface area (Å²) in [6.45, 7) is 3.11. The second-order valence-corrected chi connectivity index (χ2v) is 5.94. The summed E-state index contributed by atoms with van der Waals surface area (Å²) in [5, 5.41) is 18.2. The molecule has 2 aromatic carbocycles. The highest BCUT2D eigenvalue weighted by atomic mass is 16.5. The minimum absolute atomic E-state index is 0.461. The molecular formula is C20H23N3O2. The predicted molar refractivity (Wildman–Crippen MR) is 98.0 cm³/mol. The van der Waals surface area contributed by atoms with Gasteiger partial charge in [0.2, 0.25) is 0 Å². The summed E-state index contributed by atoms with van der Waals surface area (Å²) in [6.07, 6.45) is 1.44. The van der Waals surface area contributed by atoms with Crippen LogP contribution in [0.1, 0.15) is 22.9 Å². The molecule has 1 heterocycles. The number of methoxy groups -OCH3 is 1. The molecule has 130 valence electrons. The Labute approximate surface area is 147 Å². The number of hydrogen-bond donors (Lipinski definition) is 2. The van der Waals surface area contributed by atoms with E-state index in [-0.39, 0.29) is 0 Å². The maximum Gasteiger partial charge on any atom is 0.119 e. The van der Waals surface area contributed by atoms with Crippen LogP contribution in [0.25, 0.3) is 5.69 Å². The van der Waals surface area contributed by atoms with Crippen molar-refractivity contribution in [3.63, 3.8) is 0 Å². The van der Waals surface area contributed by atoms with E-state index in [9.17, 15) is 5.11 Å². The Morgan fingerprint density at radius 2 is 1.96 bits per heavy atom. The molecule has 1 atom stereocenters. The van der Waals surface area contributed by atoms with E-state index in [0.29, 0.717) is 13.1 Å². The number of aromatic nitrogens is 2. The van der Waals surface area contributed by atoms with E-state index in [1.165, 1.54) is 0 Å². The van der Waals surface area contributed by atoms with E-state index in [1.807, 2.05) is 72.4 Å². The van der Waals surface area contributed by atoms with Crippen LogP contribution in [-0.4, -0.2) is 28.5 Å². The largest absolute Gasteiger partial charge is 0.497 e. The van der Waals surface area contributed by atoms with Gasteiger partial charge in [0.15, 0.2) is 0 Å². The minimum atomic E-state index is -0.584. The molecule has 1 aromatic heterocycles. The van der Waals surface area contributed by atoms with Gasteiger partial charge in [-0.15, -0.1) is 0 Å². The van der Waals surface area contributed by atoms with Gasteiger partial charge >= 0.3 is 0 Å². The number of hydrogen-bond acceptors (Lipinski definition) is 4. The van der Waals surface area contributed by atoms with Crippen LogP contribution in [0.3, 0.4) is 0 Å². The van der Waals surface area contributed by atoms with Crippen molar-refractivity contribution in [3.8, 4) is 11.4 Å². The molecule has 1 unspecified atom stereocenters. The van der Waals surface area contributed by atoms with E-state index in [2.05, 4.69) is 10.4 Å². The van der Waals surface area contributed by atoms with Gasteiger partial charge < -0.3 is 15.2 Å². The van der Waals surface area contributed by atoms with Crippen LogP contribution in [0.2, 0.25) is 0 Å². The number of ether oxygens (including phenoxy) is 1. The van der Waals surface area contributed by atoms with Gasteiger partial charge in [0.1, 0.15) is 5.75 Å². The van der Waals surface area contributed by atoms with Gasteiger partial charge in [0, 0.05) is 24.8 Å². The quantitative estimate of drug-likeness (QED) is 0.696. The monoisotopic (exact) mass is 337 g/mol. The topological polar surface area (TPSA) is 59.3 Å². The summed E-state index contributed by atoms with van der Waals surface area (Å²) in [5.41, 5.74) is 3.96. The molecule has 0 bridgehead atoms. The number of para-hydroxylation sites is 1. The Kier molecular flexibility index (Phi) is 5.48. The number of aliphatic hydroxyl groups is 1. The lowest BCUT2D eigenvalue weighted by Crippen LogP contribution is -2.21. The Morgan fingerprint density at radius 1 is 1.16 bits per heavy atom. The van der Waals surface area contributed by atoms with Gasteiger partial charge in [-0.1, -0.05) is 30.3 Å². The van der Waals surface area contributed by atoms with Crippen molar-refractivity contribution in [3.05, 3.63) is 77.6 Å². The fourth-order valence-electron chi connectivity index (χ4n) is 2.69. The molecule has 0 amide bonds. The lowest BCUT2D eigenvalue weighted by molar-refractivity contribution is 0.174. The van der Waals surface area contributed by atoms with E-state index < -0.39 is 6.10 Å². The third-order valence-corrected chi connectivity index (χ3v) is 4.15. The fraction of sp³-hybridized carbons (Fsp3) is 0.250. The van der Waals surface area contributed by atoms with Crippen molar-refractivity contribution in [1.82, 2.24) is 15.1 Å². The van der Waals surface area contributed by atoms with Gasteiger partial charge in [-0.2, -0.15) is 5.10 Å². The second kappa shape index (κ2) is 7.96. The molecule has 2 N–H and O–H groups in total. The average Bonchev–Trinajstić information content (AvgIpc) is 3.03. The lowest BCUT2D eigenvalue weighted by Gasteiger charge is -2.13. The third kappa shape index (κ3) is 4.26. The van der Waals surface area contributed by atoms with E-state index >= 15 is 0 Å². The zero-order valence-electron chi connectivity index (χ0n) is 14.5. The van der Waals surface area contributed by atoms with Crippen molar-refractivity contribution in [2.45, 2.75) is 19.6 Å². The van der Waals surface area contributed by atoms with Crippen LogP contribution in [0.15, 0.2) is 60.8 Å². The Morgan fingerprint density at radius 3 is 2.72 bits per heavy atom. The average molecular weight is 337 g/mol. The van der Waals surface area contributed by atoms with Crippen LogP contribution in [0, 0.1) is 6.92 Å². The van der Waals surface area contributed by atoms with Crippen LogP contribution < -0.4 is 10.1 Å². The van der Waals surface area contributed by atoms with Gasteiger partial charge in [-0.25, -0.2) is 4.68 Å². The van der Waals surface area contributed by atoms with Crippen molar-refractivity contribution < 1.29 is 9.84 Å². The highest BCUT2D eigenvalue weighted by Crippen LogP contribution is 2.19. The maximum atomic E-state index is 10.3. The molecule has 0 saturated carbocycles. The van der Waals surface area contributed by atoms with E-state index in [4.69, 9.17) is 4.74 Å². The Balaban J connectivity index is 1.59. The molecule has 0 spiro atoms. The zero-order valence-corrected chi connectivity index (χ0v) is 14.5. The Bertz CT molecular complexity index is 815. The molecule has 0 aliphatic heterocycles. The number of rotatable bonds is 7. The van der Waals surface area contributed by atoms with Crippen LogP contribution >= 0.6 is 0 Å². The van der Waals surface area contributed by atoms with Gasteiger partial charge in [0.05, 0.1) is 24.6 Å². The minimum Gasteiger partial charge on any atom is -0.497 e. The summed E-state index contributed by atoms with van der Waals surface area (Å²) in [4.78, 5) is 0. The third-order valence-electron chi connectivity index (χ3n) is 4.15. The predicted octanol–water partition coefficient (Wildman–Crippen LogP) is 3.01. The molecule has 3 aromatic rings. The molecule has 25 heavy (non-hydrogen) atoms. The van der Waals surface area contributed by atoms with Crippen molar-refractivity contribution in [2.24, 2.45) is 0 Å². The SMILES string of the molecule is COc1cccc(C(O)CNCc2cn(-c3ccccc3)nc2C)c1. The molecule has 0 saturated heterocycles. The summed E-state index contributed by atoms with van der Waals surface area (Å²) in [6, 6.07) is 17.5.